The number of rotatable bonds is 7. The van der Waals surface area contributed by atoms with Gasteiger partial charge in [0.2, 0.25) is 5.91 Å². The molecule has 0 bridgehead atoms. The van der Waals surface area contributed by atoms with Gasteiger partial charge in [-0.05, 0) is 49.9 Å². The average Bonchev–Trinajstić information content (AvgIpc) is 2.56. The highest BCUT2D eigenvalue weighted by atomic mass is 35.5. The van der Waals surface area contributed by atoms with Gasteiger partial charge in [-0.1, -0.05) is 6.92 Å². The molecule has 5 nitrogen and oxygen atoms in total. The molecule has 0 aliphatic carbocycles. The molecule has 1 amide bonds. The first-order valence-corrected chi connectivity index (χ1v) is 8.13. The Morgan fingerprint density at radius 3 is 2.80 bits per heavy atom. The van der Waals surface area contributed by atoms with Gasteiger partial charge in [0.15, 0.2) is 0 Å². The third-order valence-electron chi connectivity index (χ3n) is 4.32. The molecule has 1 aromatic carbocycles. The number of benzene rings is 1. The summed E-state index contributed by atoms with van der Waals surface area (Å²) in [5, 5.41) is 6.00. The second-order valence-corrected chi connectivity index (χ2v) is 6.08. The second-order valence-electron chi connectivity index (χ2n) is 6.08. The van der Waals surface area contributed by atoms with E-state index in [1.54, 1.807) is 0 Å². The van der Waals surface area contributed by atoms with Crippen LogP contribution < -0.4 is 20.1 Å². The third kappa shape index (κ3) is 6.66. The van der Waals surface area contributed by atoms with E-state index in [9.17, 15) is 13.6 Å². The largest absolute Gasteiger partial charge is 0.497 e. The number of nitrogens with one attached hydrogen (secondary N) is 2. The normalized spacial score (nSPS) is 18.2. The fourth-order valence-electron chi connectivity index (χ4n) is 2.96. The van der Waals surface area contributed by atoms with Gasteiger partial charge in [0.05, 0.1) is 12.8 Å². The molecule has 1 aliphatic heterocycles. The number of methoxy groups -OCH3 is 1. The standard InChI is InChI=1S/C17H24F2N2O3.ClH/c1-11(12-4-3-7-20-10-12)8-16(22)21-14-9-13(23-2)5-6-15(14)24-17(18)19;/h5-6,9,11-12,17,20H,3-4,7-8,10H2,1-2H3,(H,21,22);1H. The van der Waals surface area contributed by atoms with Crippen LogP contribution in [0.3, 0.4) is 0 Å². The Kier molecular flexibility index (Phi) is 8.92. The van der Waals surface area contributed by atoms with Gasteiger partial charge in [-0.2, -0.15) is 8.78 Å². The molecule has 2 atom stereocenters. The summed E-state index contributed by atoms with van der Waals surface area (Å²) in [7, 11) is 1.47. The Bertz CT molecular complexity index is 555. The van der Waals surface area contributed by atoms with Gasteiger partial charge in [-0.25, -0.2) is 0 Å². The zero-order valence-electron chi connectivity index (χ0n) is 14.4. The molecule has 1 aromatic rings. The molecule has 0 saturated carbocycles. The predicted octanol–water partition coefficient (Wildman–Crippen LogP) is 3.68. The minimum atomic E-state index is -2.96. The van der Waals surface area contributed by atoms with Crippen LogP contribution in [0.15, 0.2) is 18.2 Å². The van der Waals surface area contributed by atoms with Crippen LogP contribution in [0.2, 0.25) is 0 Å². The predicted molar refractivity (Wildman–Crippen MR) is 94.9 cm³/mol. The first-order valence-electron chi connectivity index (χ1n) is 8.13. The van der Waals surface area contributed by atoms with Crippen molar-refractivity contribution in [3.63, 3.8) is 0 Å². The Labute approximate surface area is 152 Å². The second kappa shape index (κ2) is 10.4. The van der Waals surface area contributed by atoms with Crippen LogP contribution in [0.1, 0.15) is 26.2 Å². The number of piperidine rings is 1. The fraction of sp³-hybridized carbons (Fsp3) is 0.588. The van der Waals surface area contributed by atoms with Gasteiger partial charge in [0.25, 0.3) is 0 Å². The third-order valence-corrected chi connectivity index (χ3v) is 4.32. The van der Waals surface area contributed by atoms with Gasteiger partial charge < -0.3 is 20.1 Å². The molecular weight excluding hydrogens is 354 g/mol. The zero-order chi connectivity index (χ0) is 17.5. The quantitative estimate of drug-likeness (QED) is 0.759. The van der Waals surface area contributed by atoms with Crippen LogP contribution >= 0.6 is 12.4 Å². The number of carbonyl (C=O) groups excluding carboxylic acids is 1. The topological polar surface area (TPSA) is 59.6 Å². The van der Waals surface area contributed by atoms with Gasteiger partial charge >= 0.3 is 6.61 Å². The number of hydrogen-bond donors (Lipinski definition) is 2. The lowest BCUT2D eigenvalue weighted by molar-refractivity contribution is -0.117. The lowest BCUT2D eigenvalue weighted by Gasteiger charge is -2.28. The number of anilines is 1. The molecule has 1 fully saturated rings. The summed E-state index contributed by atoms with van der Waals surface area (Å²) in [5.74, 6) is 0.817. The van der Waals surface area contributed by atoms with Crippen LogP contribution in [0, 0.1) is 11.8 Å². The van der Waals surface area contributed by atoms with E-state index in [1.165, 1.54) is 25.3 Å². The van der Waals surface area contributed by atoms with E-state index >= 15 is 0 Å². The highest BCUT2D eigenvalue weighted by molar-refractivity contribution is 5.92. The maximum absolute atomic E-state index is 12.5. The number of ether oxygens (including phenoxy) is 2. The van der Waals surface area contributed by atoms with Crippen LogP contribution in [-0.2, 0) is 4.79 Å². The highest BCUT2D eigenvalue weighted by Gasteiger charge is 2.22. The van der Waals surface area contributed by atoms with E-state index in [4.69, 9.17) is 4.74 Å². The van der Waals surface area contributed by atoms with E-state index in [2.05, 4.69) is 15.4 Å². The van der Waals surface area contributed by atoms with E-state index in [0.29, 0.717) is 18.1 Å². The van der Waals surface area contributed by atoms with Crippen LogP contribution in [0.5, 0.6) is 11.5 Å². The van der Waals surface area contributed by atoms with E-state index in [1.807, 2.05) is 6.92 Å². The Morgan fingerprint density at radius 2 is 2.20 bits per heavy atom. The van der Waals surface area contributed by atoms with Crippen molar-refractivity contribution in [3.05, 3.63) is 18.2 Å². The lowest BCUT2D eigenvalue weighted by Crippen LogP contribution is -2.34. The summed E-state index contributed by atoms with van der Waals surface area (Å²) >= 11 is 0. The minimum Gasteiger partial charge on any atom is -0.497 e. The van der Waals surface area contributed by atoms with Gasteiger partial charge in [-0.15, -0.1) is 12.4 Å². The van der Waals surface area contributed by atoms with E-state index < -0.39 is 6.61 Å². The van der Waals surface area contributed by atoms with Crippen molar-refractivity contribution in [3.8, 4) is 11.5 Å². The molecule has 142 valence electrons. The molecule has 1 heterocycles. The molecule has 25 heavy (non-hydrogen) atoms. The summed E-state index contributed by atoms with van der Waals surface area (Å²) in [4.78, 5) is 12.3. The van der Waals surface area contributed by atoms with Gasteiger partial charge in [0.1, 0.15) is 11.5 Å². The number of amides is 1. The molecule has 2 N–H and O–H groups in total. The van der Waals surface area contributed by atoms with Crippen molar-refractivity contribution in [2.24, 2.45) is 11.8 Å². The number of alkyl halides is 2. The summed E-state index contributed by atoms with van der Waals surface area (Å²) in [6, 6.07) is 4.33. The van der Waals surface area contributed by atoms with Crippen LogP contribution in [0.25, 0.3) is 0 Å². The Hall–Kier alpha value is -1.60. The average molecular weight is 379 g/mol. The van der Waals surface area contributed by atoms with Crippen LogP contribution in [-0.4, -0.2) is 32.7 Å². The van der Waals surface area contributed by atoms with Crippen molar-refractivity contribution in [2.45, 2.75) is 32.8 Å². The summed E-state index contributed by atoms with van der Waals surface area (Å²) in [6.45, 7) is 1.02. The molecule has 0 aromatic heterocycles. The van der Waals surface area contributed by atoms with Crippen molar-refractivity contribution in [1.29, 1.82) is 0 Å². The van der Waals surface area contributed by atoms with Crippen molar-refractivity contribution in [2.75, 3.05) is 25.5 Å². The molecule has 1 saturated heterocycles. The summed E-state index contributed by atoms with van der Waals surface area (Å²) < 4.78 is 34.5. The number of halogens is 3. The SMILES string of the molecule is COc1ccc(OC(F)F)c(NC(=O)CC(C)C2CCCNC2)c1.Cl. The van der Waals surface area contributed by atoms with Crippen molar-refractivity contribution >= 4 is 24.0 Å². The first kappa shape index (κ1) is 21.4. The van der Waals surface area contributed by atoms with Gasteiger partial charge in [-0.3, -0.25) is 4.79 Å². The lowest BCUT2D eigenvalue weighted by atomic mass is 9.85. The molecule has 1 aliphatic rings. The summed E-state index contributed by atoms with van der Waals surface area (Å²) in [6.07, 6.45) is 2.54. The monoisotopic (exact) mass is 378 g/mol. The molecule has 8 heteroatoms. The Morgan fingerprint density at radius 1 is 1.44 bits per heavy atom. The van der Waals surface area contributed by atoms with Gasteiger partial charge in [0, 0.05) is 12.5 Å². The first-order chi connectivity index (χ1) is 11.5. The smallest absolute Gasteiger partial charge is 0.387 e. The number of hydrogen-bond acceptors (Lipinski definition) is 4. The molecule has 2 rings (SSSR count). The maximum atomic E-state index is 12.5. The minimum absolute atomic E-state index is 0. The Balaban J connectivity index is 0.00000312. The van der Waals surface area contributed by atoms with Crippen molar-refractivity contribution in [1.82, 2.24) is 5.32 Å². The molecule has 0 spiro atoms. The van der Waals surface area contributed by atoms with Crippen molar-refractivity contribution < 1.29 is 23.0 Å². The molecule has 2 unspecified atom stereocenters. The van der Waals surface area contributed by atoms with Crippen LogP contribution in [0.4, 0.5) is 14.5 Å². The summed E-state index contributed by atoms with van der Waals surface area (Å²) in [5.41, 5.74) is 0.189. The van der Waals surface area contributed by atoms with E-state index in [0.717, 1.165) is 25.9 Å². The molecular formula is C17H25ClF2N2O3. The number of carbonyl (C=O) groups is 1. The fourth-order valence-corrected chi connectivity index (χ4v) is 2.96. The highest BCUT2D eigenvalue weighted by Crippen LogP contribution is 2.31. The zero-order valence-corrected chi connectivity index (χ0v) is 15.2. The van der Waals surface area contributed by atoms with E-state index in [-0.39, 0.29) is 35.7 Å². The maximum Gasteiger partial charge on any atom is 0.387 e. The molecule has 0 radical (unpaired) electrons.